The zero-order chi connectivity index (χ0) is 23.9. The summed E-state index contributed by atoms with van der Waals surface area (Å²) in [5.41, 5.74) is 2.47. The van der Waals surface area contributed by atoms with E-state index in [1.54, 1.807) is 61.2 Å². The number of carbonyl (C=O) groups excluding carboxylic acids is 2. The molecule has 4 rings (SSSR count). The molecule has 0 aliphatic rings. The number of nitrogens with zero attached hydrogens (tertiary/aromatic N) is 2. The van der Waals surface area contributed by atoms with Gasteiger partial charge in [0.05, 0.1) is 12.0 Å². The van der Waals surface area contributed by atoms with E-state index in [2.05, 4.69) is 15.6 Å². The van der Waals surface area contributed by atoms with Gasteiger partial charge in [-0.25, -0.2) is 4.98 Å². The fraction of sp³-hybridized carbons (Fsp3) is 0.115. The predicted molar refractivity (Wildman–Crippen MR) is 133 cm³/mol. The van der Waals surface area contributed by atoms with Crippen LogP contribution in [0.1, 0.15) is 22.3 Å². The van der Waals surface area contributed by atoms with Gasteiger partial charge in [0.15, 0.2) is 5.75 Å². The lowest BCUT2D eigenvalue weighted by atomic mass is 10.1. The molecule has 0 spiro atoms. The predicted octanol–water partition coefficient (Wildman–Crippen LogP) is 5.92. The highest BCUT2D eigenvalue weighted by atomic mass is 35.5. The van der Waals surface area contributed by atoms with E-state index in [-0.39, 0.29) is 18.2 Å². The fourth-order valence-electron chi connectivity index (χ4n) is 3.23. The Morgan fingerprint density at radius 1 is 1.03 bits per heavy atom. The molecule has 1 aromatic heterocycles. The van der Waals surface area contributed by atoms with Gasteiger partial charge in [-0.15, -0.1) is 0 Å². The number of nitrogens with one attached hydrogen (secondary N) is 2. The smallest absolute Gasteiger partial charge is 0.255 e. The molecule has 2 N–H and O–H groups in total. The van der Waals surface area contributed by atoms with Crippen molar-refractivity contribution in [1.29, 1.82) is 0 Å². The van der Waals surface area contributed by atoms with Crippen molar-refractivity contribution in [2.75, 3.05) is 10.6 Å². The number of amides is 2. The summed E-state index contributed by atoms with van der Waals surface area (Å²) in [6.45, 7) is 2.51. The van der Waals surface area contributed by atoms with E-state index in [4.69, 9.17) is 16.3 Å². The Hall–Kier alpha value is -4.10. The Morgan fingerprint density at radius 3 is 2.62 bits per heavy atom. The van der Waals surface area contributed by atoms with Crippen LogP contribution >= 0.6 is 11.6 Å². The van der Waals surface area contributed by atoms with E-state index in [0.717, 1.165) is 5.56 Å². The first-order chi connectivity index (χ1) is 16.5. The van der Waals surface area contributed by atoms with E-state index in [0.29, 0.717) is 40.0 Å². The molecule has 172 valence electrons. The molecule has 8 heteroatoms. The van der Waals surface area contributed by atoms with Gasteiger partial charge in [-0.1, -0.05) is 35.4 Å². The molecule has 0 saturated heterocycles. The van der Waals surface area contributed by atoms with Gasteiger partial charge in [-0.3, -0.25) is 9.59 Å². The third-order valence-electron chi connectivity index (χ3n) is 5.00. The molecular formula is C26H23ClN4O3. The average Bonchev–Trinajstić information content (AvgIpc) is 3.35. The highest BCUT2D eigenvalue weighted by Gasteiger charge is 2.13. The summed E-state index contributed by atoms with van der Waals surface area (Å²) in [6, 6.07) is 19.4. The summed E-state index contributed by atoms with van der Waals surface area (Å²) in [5.74, 6) is 0.592. The van der Waals surface area contributed by atoms with Gasteiger partial charge in [-0.05, 0) is 55.5 Å². The molecule has 34 heavy (non-hydrogen) atoms. The number of carbonyl (C=O) groups is 2. The normalized spacial score (nSPS) is 10.5. The summed E-state index contributed by atoms with van der Waals surface area (Å²) < 4.78 is 7.78. The summed E-state index contributed by atoms with van der Waals surface area (Å²) in [6.07, 6.45) is 5.40. The largest absolute Gasteiger partial charge is 0.455 e. The van der Waals surface area contributed by atoms with Crippen LogP contribution in [-0.2, 0) is 11.3 Å². The second kappa shape index (κ2) is 10.7. The van der Waals surface area contributed by atoms with Crippen molar-refractivity contribution >= 4 is 34.8 Å². The van der Waals surface area contributed by atoms with E-state index in [1.165, 1.54) is 0 Å². The van der Waals surface area contributed by atoms with Crippen LogP contribution in [0.5, 0.6) is 11.5 Å². The third-order valence-corrected chi connectivity index (χ3v) is 5.24. The Labute approximate surface area is 202 Å². The van der Waals surface area contributed by atoms with Crippen molar-refractivity contribution in [2.24, 2.45) is 0 Å². The van der Waals surface area contributed by atoms with Crippen LogP contribution in [-0.4, -0.2) is 21.4 Å². The molecule has 0 radical (unpaired) electrons. The molecule has 0 unspecified atom stereocenters. The molecule has 2 amide bonds. The topological polar surface area (TPSA) is 85.3 Å². The molecule has 0 fully saturated rings. The Morgan fingerprint density at radius 2 is 1.85 bits per heavy atom. The molecule has 1 heterocycles. The van der Waals surface area contributed by atoms with Crippen molar-refractivity contribution in [1.82, 2.24) is 9.55 Å². The number of hydrogen-bond donors (Lipinski definition) is 2. The van der Waals surface area contributed by atoms with Crippen molar-refractivity contribution < 1.29 is 14.3 Å². The monoisotopic (exact) mass is 474 g/mol. The van der Waals surface area contributed by atoms with Crippen LogP contribution in [0.15, 0.2) is 85.5 Å². The van der Waals surface area contributed by atoms with E-state index in [9.17, 15) is 9.59 Å². The highest BCUT2D eigenvalue weighted by molar-refractivity contribution is 6.31. The number of aryl methyl sites for hydroxylation is 2. The molecular weight excluding hydrogens is 452 g/mol. The zero-order valence-electron chi connectivity index (χ0n) is 18.5. The number of anilines is 2. The molecule has 0 aliphatic heterocycles. The number of rotatable bonds is 8. The maximum atomic E-state index is 13.0. The van der Waals surface area contributed by atoms with Crippen molar-refractivity contribution in [3.05, 3.63) is 102 Å². The number of halogens is 1. The Bertz CT molecular complexity index is 1290. The van der Waals surface area contributed by atoms with Crippen LogP contribution in [0, 0.1) is 6.92 Å². The SMILES string of the molecule is Cc1ccc(Oc2ccc(Cl)cc2NC(=O)c2cccc(NC(=O)CCn3ccnc3)c2)cc1. The maximum Gasteiger partial charge on any atom is 0.255 e. The van der Waals surface area contributed by atoms with Crippen molar-refractivity contribution in [2.45, 2.75) is 19.9 Å². The van der Waals surface area contributed by atoms with Crippen LogP contribution in [0.2, 0.25) is 5.02 Å². The first-order valence-electron chi connectivity index (χ1n) is 10.7. The van der Waals surface area contributed by atoms with E-state index >= 15 is 0 Å². The van der Waals surface area contributed by atoms with E-state index < -0.39 is 0 Å². The van der Waals surface area contributed by atoms with Crippen molar-refractivity contribution in [3.8, 4) is 11.5 Å². The molecule has 0 saturated carbocycles. The van der Waals surface area contributed by atoms with Crippen LogP contribution < -0.4 is 15.4 Å². The minimum Gasteiger partial charge on any atom is -0.455 e. The van der Waals surface area contributed by atoms with Gasteiger partial charge in [-0.2, -0.15) is 0 Å². The van der Waals surface area contributed by atoms with E-state index in [1.807, 2.05) is 35.8 Å². The van der Waals surface area contributed by atoms with Crippen LogP contribution in [0.3, 0.4) is 0 Å². The maximum absolute atomic E-state index is 13.0. The molecule has 0 aliphatic carbocycles. The second-order valence-electron chi connectivity index (χ2n) is 7.69. The quantitative estimate of drug-likeness (QED) is 0.332. The van der Waals surface area contributed by atoms with Gasteiger partial charge >= 0.3 is 0 Å². The summed E-state index contributed by atoms with van der Waals surface area (Å²) in [7, 11) is 0. The number of ether oxygens (including phenoxy) is 1. The number of aromatic nitrogens is 2. The summed E-state index contributed by atoms with van der Waals surface area (Å²) in [4.78, 5) is 29.2. The minimum atomic E-state index is -0.356. The van der Waals surface area contributed by atoms with Crippen molar-refractivity contribution in [3.63, 3.8) is 0 Å². The molecule has 7 nitrogen and oxygen atoms in total. The molecule has 0 bridgehead atoms. The van der Waals surface area contributed by atoms with Gasteiger partial charge in [0.25, 0.3) is 5.91 Å². The molecule has 0 atom stereocenters. The number of imidazole rings is 1. The van der Waals surface area contributed by atoms with Gasteiger partial charge in [0, 0.05) is 41.6 Å². The summed E-state index contributed by atoms with van der Waals surface area (Å²) in [5, 5.41) is 6.14. The second-order valence-corrected chi connectivity index (χ2v) is 8.13. The Kier molecular flexibility index (Phi) is 7.25. The summed E-state index contributed by atoms with van der Waals surface area (Å²) >= 11 is 6.16. The average molecular weight is 475 g/mol. The standard InChI is InChI=1S/C26H23ClN4O3/c1-18-5-8-22(9-6-18)34-24-10-7-20(27)16-23(24)30-26(33)19-3-2-4-21(15-19)29-25(32)11-13-31-14-12-28-17-31/h2-10,12,14-17H,11,13H2,1H3,(H,29,32)(H,30,33). The Balaban J connectivity index is 1.44. The number of hydrogen-bond acceptors (Lipinski definition) is 4. The third kappa shape index (κ3) is 6.24. The fourth-order valence-corrected chi connectivity index (χ4v) is 3.40. The lowest BCUT2D eigenvalue weighted by molar-refractivity contribution is -0.116. The van der Waals surface area contributed by atoms with Crippen LogP contribution in [0.25, 0.3) is 0 Å². The lowest BCUT2D eigenvalue weighted by Gasteiger charge is -2.13. The lowest BCUT2D eigenvalue weighted by Crippen LogP contribution is -2.16. The van der Waals surface area contributed by atoms with Gasteiger partial charge in [0.2, 0.25) is 5.91 Å². The minimum absolute atomic E-state index is 0.158. The zero-order valence-corrected chi connectivity index (χ0v) is 19.3. The first-order valence-corrected chi connectivity index (χ1v) is 11.1. The van der Waals surface area contributed by atoms with Crippen LogP contribution in [0.4, 0.5) is 11.4 Å². The highest BCUT2D eigenvalue weighted by Crippen LogP contribution is 2.32. The molecule has 3 aromatic carbocycles. The number of benzene rings is 3. The molecule has 4 aromatic rings. The first kappa shape index (κ1) is 23.1. The van der Waals surface area contributed by atoms with Gasteiger partial charge < -0.3 is 19.9 Å². The van der Waals surface area contributed by atoms with Gasteiger partial charge in [0.1, 0.15) is 5.75 Å².